The Hall–Kier alpha value is -2.08. The molecule has 1 fully saturated rings. The predicted molar refractivity (Wildman–Crippen MR) is 103 cm³/mol. The van der Waals surface area contributed by atoms with E-state index in [0.717, 1.165) is 32.4 Å². The van der Waals surface area contributed by atoms with Crippen molar-refractivity contribution >= 4 is 17.5 Å². The van der Waals surface area contributed by atoms with Crippen LogP contribution in [0.3, 0.4) is 0 Å². The fourth-order valence-corrected chi connectivity index (χ4v) is 3.21. The van der Waals surface area contributed by atoms with Crippen molar-refractivity contribution in [3.63, 3.8) is 0 Å². The molecule has 1 aliphatic heterocycles. The lowest BCUT2D eigenvalue weighted by Gasteiger charge is -2.22. The first kappa shape index (κ1) is 20.2. The fraction of sp³-hybridized carbons (Fsp3) is 0.600. The molecule has 6 nitrogen and oxygen atoms in total. The van der Waals surface area contributed by atoms with Gasteiger partial charge in [-0.05, 0) is 64.3 Å². The number of anilines is 1. The van der Waals surface area contributed by atoms with Gasteiger partial charge in [0, 0.05) is 31.3 Å². The van der Waals surface area contributed by atoms with E-state index in [9.17, 15) is 9.59 Å². The second-order valence-electron chi connectivity index (χ2n) is 6.66. The van der Waals surface area contributed by atoms with Gasteiger partial charge in [-0.15, -0.1) is 0 Å². The molecule has 0 radical (unpaired) electrons. The van der Waals surface area contributed by atoms with Crippen molar-refractivity contribution in [1.82, 2.24) is 10.2 Å². The van der Waals surface area contributed by atoms with Crippen LogP contribution in [-0.2, 0) is 9.59 Å². The molecule has 1 aromatic rings. The number of carbonyl (C=O) groups excluding carboxylic acids is 2. The van der Waals surface area contributed by atoms with Gasteiger partial charge in [-0.25, -0.2) is 0 Å². The van der Waals surface area contributed by atoms with Crippen molar-refractivity contribution in [2.24, 2.45) is 5.92 Å². The molecule has 1 aliphatic rings. The summed E-state index contributed by atoms with van der Waals surface area (Å²) in [6.07, 6.45) is 3.77. The second-order valence-corrected chi connectivity index (χ2v) is 6.66. The summed E-state index contributed by atoms with van der Waals surface area (Å²) in [5.41, 5.74) is 0.702. The summed E-state index contributed by atoms with van der Waals surface area (Å²) in [5, 5.41) is 6.27. The van der Waals surface area contributed by atoms with E-state index in [-0.39, 0.29) is 18.4 Å². The normalized spacial score (nSPS) is 14.7. The standard InChI is InChI=1S/C20H31N3O3/c1-3-23(4-2)20(25)15-26-18-7-5-6-17(14-18)22-19(24)9-8-16-10-12-21-13-11-16/h5-7,14,16,21H,3-4,8-13,15H2,1-2H3,(H,22,24). The number of nitrogens with zero attached hydrogens (tertiary/aromatic N) is 1. The minimum Gasteiger partial charge on any atom is -0.484 e. The maximum atomic E-state index is 12.2. The van der Waals surface area contributed by atoms with Gasteiger partial charge >= 0.3 is 0 Å². The first-order valence-corrected chi connectivity index (χ1v) is 9.63. The van der Waals surface area contributed by atoms with Crippen LogP contribution in [0.5, 0.6) is 5.75 Å². The monoisotopic (exact) mass is 361 g/mol. The van der Waals surface area contributed by atoms with E-state index < -0.39 is 0 Å². The quantitative estimate of drug-likeness (QED) is 0.709. The van der Waals surface area contributed by atoms with Crippen molar-refractivity contribution in [2.45, 2.75) is 39.5 Å². The number of carbonyl (C=O) groups is 2. The third-order valence-corrected chi connectivity index (χ3v) is 4.83. The molecule has 2 rings (SSSR count). The Labute approximate surface area is 156 Å². The number of piperidine rings is 1. The lowest BCUT2D eigenvalue weighted by Crippen LogP contribution is -2.34. The van der Waals surface area contributed by atoms with Crippen LogP contribution < -0.4 is 15.4 Å². The molecule has 1 aromatic carbocycles. The molecule has 6 heteroatoms. The summed E-state index contributed by atoms with van der Waals surface area (Å²) < 4.78 is 5.58. The zero-order chi connectivity index (χ0) is 18.8. The number of hydrogen-bond acceptors (Lipinski definition) is 4. The molecule has 1 saturated heterocycles. The molecule has 144 valence electrons. The average Bonchev–Trinajstić information content (AvgIpc) is 2.67. The molecule has 1 heterocycles. The summed E-state index contributed by atoms with van der Waals surface area (Å²) in [4.78, 5) is 25.9. The highest BCUT2D eigenvalue weighted by Gasteiger charge is 2.15. The van der Waals surface area contributed by atoms with Gasteiger partial charge in [-0.3, -0.25) is 9.59 Å². The molecule has 0 aliphatic carbocycles. The van der Waals surface area contributed by atoms with Crippen LogP contribution in [-0.4, -0.2) is 49.5 Å². The molecule has 2 amide bonds. The van der Waals surface area contributed by atoms with E-state index >= 15 is 0 Å². The SMILES string of the molecule is CCN(CC)C(=O)COc1cccc(NC(=O)CCC2CCNCC2)c1. The highest BCUT2D eigenvalue weighted by molar-refractivity contribution is 5.90. The van der Waals surface area contributed by atoms with Gasteiger partial charge in [0.05, 0.1) is 0 Å². The maximum Gasteiger partial charge on any atom is 0.260 e. The second kappa shape index (κ2) is 10.8. The summed E-state index contributed by atoms with van der Waals surface area (Å²) in [5.74, 6) is 1.22. The van der Waals surface area contributed by atoms with Gasteiger partial charge in [-0.1, -0.05) is 6.07 Å². The zero-order valence-electron chi connectivity index (χ0n) is 15.9. The van der Waals surface area contributed by atoms with Gasteiger partial charge in [-0.2, -0.15) is 0 Å². The van der Waals surface area contributed by atoms with Crippen LogP contribution >= 0.6 is 0 Å². The number of likely N-dealkylation sites (N-methyl/N-ethyl adjacent to an activating group) is 1. The molecular weight excluding hydrogens is 330 g/mol. The zero-order valence-corrected chi connectivity index (χ0v) is 15.9. The Morgan fingerprint density at radius 3 is 2.65 bits per heavy atom. The summed E-state index contributed by atoms with van der Waals surface area (Å²) in [7, 11) is 0. The van der Waals surface area contributed by atoms with E-state index in [2.05, 4.69) is 10.6 Å². The highest BCUT2D eigenvalue weighted by Crippen LogP contribution is 2.20. The van der Waals surface area contributed by atoms with E-state index in [1.807, 2.05) is 26.0 Å². The summed E-state index contributed by atoms with van der Waals surface area (Å²) in [6.45, 7) is 7.35. The summed E-state index contributed by atoms with van der Waals surface area (Å²) >= 11 is 0. The van der Waals surface area contributed by atoms with Crippen LogP contribution in [0.25, 0.3) is 0 Å². The van der Waals surface area contributed by atoms with Crippen molar-refractivity contribution < 1.29 is 14.3 Å². The van der Waals surface area contributed by atoms with Gasteiger partial charge in [0.1, 0.15) is 5.75 Å². The molecule has 0 spiro atoms. The van der Waals surface area contributed by atoms with E-state index in [1.165, 1.54) is 0 Å². The number of ether oxygens (including phenoxy) is 1. The Morgan fingerprint density at radius 1 is 1.23 bits per heavy atom. The Kier molecular flexibility index (Phi) is 8.41. The molecule has 0 unspecified atom stereocenters. The van der Waals surface area contributed by atoms with Crippen LogP contribution in [0.15, 0.2) is 24.3 Å². The molecule has 0 atom stereocenters. The molecule has 0 aromatic heterocycles. The minimum absolute atomic E-state index is 0.00873. The lowest BCUT2D eigenvalue weighted by atomic mass is 9.93. The topological polar surface area (TPSA) is 70.7 Å². The average molecular weight is 361 g/mol. The van der Waals surface area contributed by atoms with Gasteiger partial charge in [0.15, 0.2) is 6.61 Å². The number of nitrogens with one attached hydrogen (secondary N) is 2. The maximum absolute atomic E-state index is 12.2. The van der Waals surface area contributed by atoms with E-state index in [0.29, 0.717) is 36.9 Å². The number of hydrogen-bond donors (Lipinski definition) is 2. The molecule has 0 saturated carbocycles. The number of rotatable bonds is 9. The number of amides is 2. The van der Waals surface area contributed by atoms with Crippen LogP contribution in [0.4, 0.5) is 5.69 Å². The van der Waals surface area contributed by atoms with Crippen LogP contribution in [0.2, 0.25) is 0 Å². The third kappa shape index (κ3) is 6.67. The van der Waals surface area contributed by atoms with Gasteiger partial charge in [0.25, 0.3) is 5.91 Å². The van der Waals surface area contributed by atoms with Gasteiger partial charge in [0.2, 0.25) is 5.91 Å². The summed E-state index contributed by atoms with van der Waals surface area (Å²) in [6, 6.07) is 7.21. The Bertz CT molecular complexity index is 581. The Balaban J connectivity index is 1.78. The third-order valence-electron chi connectivity index (χ3n) is 4.83. The van der Waals surface area contributed by atoms with Crippen molar-refractivity contribution in [2.75, 3.05) is 38.1 Å². The Morgan fingerprint density at radius 2 is 1.96 bits per heavy atom. The van der Waals surface area contributed by atoms with E-state index in [4.69, 9.17) is 4.74 Å². The predicted octanol–water partition coefficient (Wildman–Crippen LogP) is 2.65. The molecule has 0 bridgehead atoms. The lowest BCUT2D eigenvalue weighted by molar-refractivity contribution is -0.133. The van der Waals surface area contributed by atoms with Gasteiger partial charge < -0.3 is 20.3 Å². The smallest absolute Gasteiger partial charge is 0.260 e. The molecule has 26 heavy (non-hydrogen) atoms. The number of benzene rings is 1. The highest BCUT2D eigenvalue weighted by atomic mass is 16.5. The van der Waals surface area contributed by atoms with Crippen molar-refractivity contribution in [1.29, 1.82) is 0 Å². The largest absolute Gasteiger partial charge is 0.484 e. The first-order chi connectivity index (χ1) is 12.6. The van der Waals surface area contributed by atoms with Crippen molar-refractivity contribution in [3.05, 3.63) is 24.3 Å². The van der Waals surface area contributed by atoms with Crippen LogP contribution in [0.1, 0.15) is 39.5 Å². The fourth-order valence-electron chi connectivity index (χ4n) is 3.21. The van der Waals surface area contributed by atoms with E-state index in [1.54, 1.807) is 17.0 Å². The molecule has 2 N–H and O–H groups in total. The first-order valence-electron chi connectivity index (χ1n) is 9.63. The van der Waals surface area contributed by atoms with Crippen molar-refractivity contribution in [3.8, 4) is 5.75 Å². The minimum atomic E-state index is -0.0357. The van der Waals surface area contributed by atoms with Crippen LogP contribution in [0, 0.1) is 5.92 Å². The molecular formula is C20H31N3O3.